The second-order valence-electron chi connectivity index (χ2n) is 2.37. The van der Waals surface area contributed by atoms with Crippen LogP contribution in [0.15, 0.2) is 6.20 Å². The van der Waals surface area contributed by atoms with Gasteiger partial charge in [0.2, 0.25) is 0 Å². The second kappa shape index (κ2) is 3.73. The summed E-state index contributed by atoms with van der Waals surface area (Å²) < 4.78 is 5.53. The van der Waals surface area contributed by atoms with E-state index in [2.05, 4.69) is 9.84 Å². The lowest BCUT2D eigenvalue weighted by atomic mass is 10.5. The zero-order valence-corrected chi connectivity index (χ0v) is 7.21. The molecule has 1 rings (SSSR count). The zero-order chi connectivity index (χ0) is 10.7. The minimum Gasteiger partial charge on any atom is -0.480 e. The van der Waals surface area contributed by atoms with E-state index in [4.69, 9.17) is 5.11 Å². The Kier molecular flexibility index (Phi) is 2.65. The van der Waals surface area contributed by atoms with Crippen molar-refractivity contribution in [3.05, 3.63) is 16.3 Å². The van der Waals surface area contributed by atoms with Gasteiger partial charge < -0.3 is 9.84 Å². The van der Waals surface area contributed by atoms with Crippen molar-refractivity contribution in [3.63, 3.8) is 0 Å². The third-order valence-electron chi connectivity index (χ3n) is 1.40. The Morgan fingerprint density at radius 1 is 1.86 bits per heavy atom. The number of aliphatic carboxylic acids is 1. The number of nitro groups is 1. The van der Waals surface area contributed by atoms with Crippen molar-refractivity contribution < 1.29 is 19.6 Å². The van der Waals surface area contributed by atoms with Gasteiger partial charge in [-0.1, -0.05) is 0 Å². The molecule has 0 aromatic carbocycles. The van der Waals surface area contributed by atoms with Crippen LogP contribution in [0.1, 0.15) is 0 Å². The maximum Gasteiger partial charge on any atom is 0.350 e. The van der Waals surface area contributed by atoms with Crippen molar-refractivity contribution in [1.82, 2.24) is 9.78 Å². The number of methoxy groups -OCH3 is 1. The summed E-state index contributed by atoms with van der Waals surface area (Å²) in [4.78, 5) is 20.0. The molecule has 0 unspecified atom stereocenters. The fraction of sp³-hybridized carbons (Fsp3) is 0.333. The monoisotopic (exact) mass is 201 g/mol. The van der Waals surface area contributed by atoms with Gasteiger partial charge in [0.1, 0.15) is 12.7 Å². The van der Waals surface area contributed by atoms with Gasteiger partial charge in [0, 0.05) is 0 Å². The first kappa shape index (κ1) is 9.96. The first-order chi connectivity index (χ1) is 6.54. The summed E-state index contributed by atoms with van der Waals surface area (Å²) in [5.41, 5.74) is -0.353. The van der Waals surface area contributed by atoms with Gasteiger partial charge in [0.15, 0.2) is 0 Å². The Labute approximate surface area is 77.9 Å². The van der Waals surface area contributed by atoms with Crippen molar-refractivity contribution >= 4 is 11.7 Å². The largest absolute Gasteiger partial charge is 0.480 e. The number of carboxylic acids is 1. The smallest absolute Gasteiger partial charge is 0.350 e. The molecule has 0 atom stereocenters. The molecule has 1 aromatic heterocycles. The van der Waals surface area contributed by atoms with E-state index in [1.807, 2.05) is 0 Å². The van der Waals surface area contributed by atoms with Crippen LogP contribution in [0.5, 0.6) is 5.88 Å². The quantitative estimate of drug-likeness (QED) is 0.537. The molecule has 76 valence electrons. The van der Waals surface area contributed by atoms with E-state index in [0.29, 0.717) is 0 Å². The molecule has 0 saturated heterocycles. The predicted molar refractivity (Wildman–Crippen MR) is 43.1 cm³/mol. The maximum absolute atomic E-state index is 10.4. The van der Waals surface area contributed by atoms with E-state index in [9.17, 15) is 14.9 Å². The first-order valence-corrected chi connectivity index (χ1v) is 3.52. The van der Waals surface area contributed by atoms with Gasteiger partial charge in [0.25, 0.3) is 0 Å². The third-order valence-corrected chi connectivity index (χ3v) is 1.40. The van der Waals surface area contributed by atoms with Gasteiger partial charge in [-0.15, -0.1) is 5.10 Å². The molecule has 14 heavy (non-hydrogen) atoms. The van der Waals surface area contributed by atoms with Crippen LogP contribution in [0.4, 0.5) is 5.69 Å². The summed E-state index contributed by atoms with van der Waals surface area (Å²) in [5.74, 6) is -1.33. The van der Waals surface area contributed by atoms with Crippen LogP contribution >= 0.6 is 0 Å². The van der Waals surface area contributed by atoms with Crippen LogP contribution in [-0.2, 0) is 11.3 Å². The van der Waals surface area contributed by atoms with E-state index in [-0.39, 0.29) is 11.6 Å². The van der Waals surface area contributed by atoms with Crippen molar-refractivity contribution in [2.24, 2.45) is 0 Å². The Hall–Kier alpha value is -2.12. The number of ether oxygens (including phenoxy) is 1. The number of carboxylic acid groups (broad SMARTS) is 1. The number of rotatable bonds is 4. The van der Waals surface area contributed by atoms with Crippen LogP contribution in [0.25, 0.3) is 0 Å². The molecule has 8 nitrogen and oxygen atoms in total. The van der Waals surface area contributed by atoms with E-state index < -0.39 is 17.4 Å². The van der Waals surface area contributed by atoms with E-state index in [1.54, 1.807) is 0 Å². The van der Waals surface area contributed by atoms with Crippen molar-refractivity contribution in [1.29, 1.82) is 0 Å². The normalized spacial score (nSPS) is 9.79. The lowest BCUT2D eigenvalue weighted by Crippen LogP contribution is -2.08. The van der Waals surface area contributed by atoms with Crippen LogP contribution in [0.2, 0.25) is 0 Å². The highest BCUT2D eigenvalue weighted by molar-refractivity contribution is 5.66. The van der Waals surface area contributed by atoms with Crippen LogP contribution in [0, 0.1) is 10.1 Å². The number of aromatic nitrogens is 2. The van der Waals surface area contributed by atoms with Crippen molar-refractivity contribution in [3.8, 4) is 5.88 Å². The number of hydrogen-bond donors (Lipinski definition) is 1. The molecule has 1 aromatic rings. The first-order valence-electron chi connectivity index (χ1n) is 3.52. The van der Waals surface area contributed by atoms with E-state index >= 15 is 0 Å². The lowest BCUT2D eigenvalue weighted by Gasteiger charge is -1.92. The van der Waals surface area contributed by atoms with Gasteiger partial charge >= 0.3 is 17.5 Å². The number of carbonyl (C=O) groups is 1. The summed E-state index contributed by atoms with van der Waals surface area (Å²) in [6.07, 6.45) is 1.01. The average Bonchev–Trinajstić information content (AvgIpc) is 2.46. The molecular formula is C6H7N3O5. The highest BCUT2D eigenvalue weighted by Crippen LogP contribution is 2.23. The standard InChI is InChI=1S/C6H7N3O5/c1-14-6-4(9(12)13)2-8(7-6)3-5(10)11/h2H,3H2,1H3,(H,10,11). The molecule has 1 N–H and O–H groups in total. The maximum atomic E-state index is 10.4. The topological polar surface area (TPSA) is 107 Å². The van der Waals surface area contributed by atoms with Gasteiger partial charge in [0.05, 0.1) is 12.0 Å². The number of hydrogen-bond acceptors (Lipinski definition) is 5. The fourth-order valence-electron chi connectivity index (χ4n) is 0.883. The molecule has 0 aliphatic heterocycles. The van der Waals surface area contributed by atoms with Crippen LogP contribution in [-0.4, -0.2) is 32.9 Å². The molecule has 0 saturated carbocycles. The molecule has 0 amide bonds. The van der Waals surface area contributed by atoms with E-state index in [1.165, 1.54) is 7.11 Å². The summed E-state index contributed by atoms with van der Waals surface area (Å²) in [5, 5.41) is 22.4. The SMILES string of the molecule is COc1nn(CC(=O)O)cc1[N+](=O)[O-]. The highest BCUT2D eigenvalue weighted by atomic mass is 16.6. The molecule has 1 heterocycles. The third kappa shape index (κ3) is 1.97. The Morgan fingerprint density at radius 3 is 2.86 bits per heavy atom. The summed E-state index contributed by atoms with van der Waals surface area (Å²) >= 11 is 0. The zero-order valence-electron chi connectivity index (χ0n) is 7.21. The second-order valence-corrected chi connectivity index (χ2v) is 2.37. The minimum atomic E-state index is -1.13. The Morgan fingerprint density at radius 2 is 2.50 bits per heavy atom. The summed E-state index contributed by atoms with van der Waals surface area (Å²) in [7, 11) is 1.22. The summed E-state index contributed by atoms with van der Waals surface area (Å²) in [6.45, 7) is -0.440. The Balaban J connectivity index is 3.00. The van der Waals surface area contributed by atoms with Gasteiger partial charge in [-0.05, 0) is 0 Å². The molecule has 0 spiro atoms. The molecular weight excluding hydrogens is 194 g/mol. The van der Waals surface area contributed by atoms with E-state index in [0.717, 1.165) is 10.9 Å². The molecule has 0 aliphatic carbocycles. The Bertz CT molecular complexity index is 372. The fourth-order valence-corrected chi connectivity index (χ4v) is 0.883. The molecule has 0 bridgehead atoms. The average molecular weight is 201 g/mol. The molecule has 0 aliphatic rings. The van der Waals surface area contributed by atoms with Crippen molar-refractivity contribution in [2.45, 2.75) is 6.54 Å². The van der Waals surface area contributed by atoms with Gasteiger partial charge in [-0.25, -0.2) is 0 Å². The summed E-state index contributed by atoms with van der Waals surface area (Å²) in [6, 6.07) is 0. The molecule has 0 radical (unpaired) electrons. The van der Waals surface area contributed by atoms with Gasteiger partial charge in [-0.3, -0.25) is 19.6 Å². The van der Waals surface area contributed by atoms with Crippen molar-refractivity contribution in [2.75, 3.05) is 7.11 Å². The predicted octanol–water partition coefficient (Wildman–Crippen LogP) is -0.115. The highest BCUT2D eigenvalue weighted by Gasteiger charge is 2.20. The van der Waals surface area contributed by atoms with Crippen LogP contribution < -0.4 is 4.74 Å². The number of nitrogens with zero attached hydrogens (tertiary/aromatic N) is 3. The molecule has 8 heteroatoms. The van der Waals surface area contributed by atoms with Crippen LogP contribution in [0.3, 0.4) is 0 Å². The molecule has 0 fully saturated rings. The van der Waals surface area contributed by atoms with Gasteiger partial charge in [-0.2, -0.15) is 0 Å². The minimum absolute atomic E-state index is 0.198. The lowest BCUT2D eigenvalue weighted by molar-refractivity contribution is -0.385.